The van der Waals surface area contributed by atoms with Crippen molar-refractivity contribution in [2.24, 2.45) is 0 Å². The second kappa shape index (κ2) is 6.02. The van der Waals surface area contributed by atoms with Gasteiger partial charge in [0.1, 0.15) is 0 Å². The van der Waals surface area contributed by atoms with Crippen LogP contribution in [0.3, 0.4) is 0 Å². The molecule has 0 bridgehead atoms. The largest absolute Gasteiger partial charge is 0.490 e. The normalized spacial score (nSPS) is 18.2. The number of ether oxygens (including phenoxy) is 2. The molecule has 0 spiro atoms. The van der Waals surface area contributed by atoms with Gasteiger partial charge in [-0.05, 0) is 45.4 Å². The fraction of sp³-hybridized carbons (Fsp3) is 0.625. The van der Waals surface area contributed by atoms with E-state index in [0.29, 0.717) is 13.2 Å². The Morgan fingerprint density at radius 2 is 1.80 bits per heavy atom. The van der Waals surface area contributed by atoms with Gasteiger partial charge in [0.25, 0.3) is 0 Å². The van der Waals surface area contributed by atoms with E-state index >= 15 is 0 Å². The number of aliphatic hydroxyl groups is 1. The summed E-state index contributed by atoms with van der Waals surface area (Å²) in [6.07, 6.45) is 0.306. The van der Waals surface area contributed by atoms with Crippen molar-refractivity contribution in [2.45, 2.75) is 51.8 Å². The van der Waals surface area contributed by atoms with Gasteiger partial charge < -0.3 is 19.9 Å². The highest BCUT2D eigenvalue weighted by atomic mass is 16.5. The SMILES string of the molecule is CC(NC(C)(C)C)C(O)c1ccc2c(c1)OCCCO2. The molecule has 0 amide bonds. The molecule has 0 fully saturated rings. The Kier molecular flexibility index (Phi) is 4.55. The zero-order chi connectivity index (χ0) is 14.8. The van der Waals surface area contributed by atoms with Crippen LogP contribution in [0.4, 0.5) is 0 Å². The topological polar surface area (TPSA) is 50.7 Å². The van der Waals surface area contributed by atoms with Gasteiger partial charge in [0, 0.05) is 18.0 Å². The van der Waals surface area contributed by atoms with Crippen LogP contribution in [0.2, 0.25) is 0 Å². The van der Waals surface area contributed by atoms with Crippen LogP contribution >= 0.6 is 0 Å². The van der Waals surface area contributed by atoms with Crippen molar-refractivity contribution in [3.8, 4) is 11.5 Å². The van der Waals surface area contributed by atoms with Gasteiger partial charge in [-0.3, -0.25) is 0 Å². The van der Waals surface area contributed by atoms with Crippen molar-refractivity contribution < 1.29 is 14.6 Å². The maximum absolute atomic E-state index is 10.5. The molecule has 2 rings (SSSR count). The van der Waals surface area contributed by atoms with Gasteiger partial charge in [0.2, 0.25) is 0 Å². The van der Waals surface area contributed by atoms with E-state index in [1.807, 2.05) is 25.1 Å². The molecule has 2 unspecified atom stereocenters. The Bertz CT molecular complexity index is 454. The molecular weight excluding hydrogens is 254 g/mol. The monoisotopic (exact) mass is 279 g/mol. The second-order valence-corrected chi connectivity index (χ2v) is 6.38. The van der Waals surface area contributed by atoms with Crippen LogP contribution in [0.5, 0.6) is 11.5 Å². The van der Waals surface area contributed by atoms with Gasteiger partial charge in [-0.2, -0.15) is 0 Å². The van der Waals surface area contributed by atoms with E-state index < -0.39 is 6.10 Å². The maximum atomic E-state index is 10.5. The van der Waals surface area contributed by atoms with Crippen LogP contribution in [0.1, 0.15) is 45.8 Å². The third kappa shape index (κ3) is 3.87. The standard InChI is InChI=1S/C16H25NO3/c1-11(17-16(2,3)4)15(18)12-6-7-13-14(10-12)20-9-5-8-19-13/h6-7,10-11,15,17-18H,5,8-9H2,1-4H3. The summed E-state index contributed by atoms with van der Waals surface area (Å²) in [6.45, 7) is 9.58. The second-order valence-electron chi connectivity index (χ2n) is 6.38. The molecule has 1 aromatic rings. The Balaban J connectivity index is 2.14. The van der Waals surface area contributed by atoms with Crippen molar-refractivity contribution in [3.05, 3.63) is 23.8 Å². The van der Waals surface area contributed by atoms with Crippen molar-refractivity contribution in [2.75, 3.05) is 13.2 Å². The molecule has 2 atom stereocenters. The molecule has 0 saturated carbocycles. The number of aliphatic hydroxyl groups excluding tert-OH is 1. The minimum atomic E-state index is -0.577. The Morgan fingerprint density at radius 1 is 1.15 bits per heavy atom. The molecular formula is C16H25NO3. The Labute approximate surface area is 121 Å². The van der Waals surface area contributed by atoms with Crippen LogP contribution in [-0.4, -0.2) is 29.9 Å². The minimum Gasteiger partial charge on any atom is -0.490 e. The molecule has 4 nitrogen and oxygen atoms in total. The van der Waals surface area contributed by atoms with Crippen LogP contribution in [-0.2, 0) is 0 Å². The van der Waals surface area contributed by atoms with Crippen LogP contribution in [0.15, 0.2) is 18.2 Å². The molecule has 1 heterocycles. The quantitative estimate of drug-likeness (QED) is 0.893. The molecule has 4 heteroatoms. The molecule has 2 N–H and O–H groups in total. The lowest BCUT2D eigenvalue weighted by Crippen LogP contribution is -2.44. The summed E-state index contributed by atoms with van der Waals surface area (Å²) < 4.78 is 11.3. The van der Waals surface area contributed by atoms with E-state index in [9.17, 15) is 5.11 Å². The number of nitrogens with one attached hydrogen (secondary N) is 1. The summed E-state index contributed by atoms with van der Waals surface area (Å²) >= 11 is 0. The van der Waals surface area contributed by atoms with E-state index in [1.54, 1.807) is 0 Å². The van der Waals surface area contributed by atoms with Crippen LogP contribution < -0.4 is 14.8 Å². The number of rotatable bonds is 3. The average Bonchev–Trinajstić information content (AvgIpc) is 2.59. The lowest BCUT2D eigenvalue weighted by atomic mass is 9.99. The summed E-state index contributed by atoms with van der Waals surface area (Å²) in [5.41, 5.74) is 0.810. The van der Waals surface area contributed by atoms with Gasteiger partial charge >= 0.3 is 0 Å². The fourth-order valence-electron chi connectivity index (χ4n) is 2.41. The minimum absolute atomic E-state index is 0.0360. The summed E-state index contributed by atoms with van der Waals surface area (Å²) in [4.78, 5) is 0. The summed E-state index contributed by atoms with van der Waals surface area (Å²) in [6, 6.07) is 5.62. The van der Waals surface area contributed by atoms with E-state index in [-0.39, 0.29) is 11.6 Å². The number of fused-ring (bicyclic) bond motifs is 1. The predicted molar refractivity (Wildman–Crippen MR) is 79.4 cm³/mol. The van der Waals surface area contributed by atoms with Gasteiger partial charge in [-0.15, -0.1) is 0 Å². The summed E-state index contributed by atoms with van der Waals surface area (Å²) in [5, 5.41) is 13.9. The fourth-order valence-corrected chi connectivity index (χ4v) is 2.41. The molecule has 1 aliphatic rings. The number of hydrogen-bond acceptors (Lipinski definition) is 4. The molecule has 112 valence electrons. The first kappa shape index (κ1) is 15.1. The summed E-state index contributed by atoms with van der Waals surface area (Å²) in [5.74, 6) is 1.48. The molecule has 1 aliphatic heterocycles. The summed E-state index contributed by atoms with van der Waals surface area (Å²) in [7, 11) is 0. The highest BCUT2D eigenvalue weighted by molar-refractivity contribution is 5.44. The first-order valence-electron chi connectivity index (χ1n) is 7.22. The smallest absolute Gasteiger partial charge is 0.161 e. The molecule has 0 aliphatic carbocycles. The van der Waals surface area contributed by atoms with E-state index in [4.69, 9.17) is 9.47 Å². The lowest BCUT2D eigenvalue weighted by Gasteiger charge is -2.29. The van der Waals surface area contributed by atoms with Crippen molar-refractivity contribution in [3.63, 3.8) is 0 Å². The van der Waals surface area contributed by atoms with Gasteiger partial charge in [-0.1, -0.05) is 6.07 Å². The third-order valence-corrected chi connectivity index (χ3v) is 3.25. The highest BCUT2D eigenvalue weighted by Crippen LogP contribution is 2.33. The number of benzene rings is 1. The first-order chi connectivity index (χ1) is 9.37. The van der Waals surface area contributed by atoms with Crippen LogP contribution in [0, 0.1) is 0 Å². The average molecular weight is 279 g/mol. The van der Waals surface area contributed by atoms with E-state index in [2.05, 4.69) is 26.1 Å². The Morgan fingerprint density at radius 3 is 2.45 bits per heavy atom. The molecule has 1 aromatic carbocycles. The van der Waals surface area contributed by atoms with E-state index in [0.717, 1.165) is 23.5 Å². The Hall–Kier alpha value is -1.26. The zero-order valence-electron chi connectivity index (χ0n) is 12.8. The molecule has 0 aromatic heterocycles. The van der Waals surface area contributed by atoms with Gasteiger partial charge in [-0.25, -0.2) is 0 Å². The van der Waals surface area contributed by atoms with Gasteiger partial charge in [0.15, 0.2) is 11.5 Å². The van der Waals surface area contributed by atoms with Crippen molar-refractivity contribution in [1.29, 1.82) is 0 Å². The zero-order valence-corrected chi connectivity index (χ0v) is 12.8. The molecule has 0 radical (unpaired) electrons. The molecule has 20 heavy (non-hydrogen) atoms. The maximum Gasteiger partial charge on any atom is 0.161 e. The predicted octanol–water partition coefficient (Wildman–Crippen LogP) is 2.66. The van der Waals surface area contributed by atoms with Gasteiger partial charge in [0.05, 0.1) is 19.3 Å². The van der Waals surface area contributed by atoms with Crippen molar-refractivity contribution in [1.82, 2.24) is 5.32 Å². The third-order valence-electron chi connectivity index (χ3n) is 3.25. The highest BCUT2D eigenvalue weighted by Gasteiger charge is 2.22. The molecule has 0 saturated heterocycles. The van der Waals surface area contributed by atoms with E-state index in [1.165, 1.54) is 0 Å². The lowest BCUT2D eigenvalue weighted by molar-refractivity contribution is 0.121. The number of hydrogen-bond donors (Lipinski definition) is 2. The van der Waals surface area contributed by atoms with Crippen LogP contribution in [0.25, 0.3) is 0 Å². The van der Waals surface area contributed by atoms with Crippen molar-refractivity contribution >= 4 is 0 Å². The first-order valence-corrected chi connectivity index (χ1v) is 7.22.